The number of hydrogen-bond donors (Lipinski definition) is 0. The zero-order valence-electron chi connectivity index (χ0n) is 10.1. The van der Waals surface area contributed by atoms with Crippen LogP contribution in [0.5, 0.6) is 0 Å². The van der Waals surface area contributed by atoms with Crippen molar-refractivity contribution in [2.45, 2.75) is 34.9 Å². The Kier molecular flexibility index (Phi) is 3.25. The summed E-state index contributed by atoms with van der Waals surface area (Å²) in [5.41, 5.74) is 0.896. The molecule has 0 aromatic heterocycles. The summed E-state index contributed by atoms with van der Waals surface area (Å²) in [5.74, 6) is 0. The maximum atomic E-state index is 10.7. The molecule has 1 aliphatic carbocycles. The molecule has 0 atom stereocenters. The smallest absolute Gasteiger partial charge is 0.235 e. The van der Waals surface area contributed by atoms with Crippen LogP contribution in [-0.2, 0) is 15.1 Å². The molecule has 0 radical (unpaired) electrons. The minimum atomic E-state index is -0.296. The highest BCUT2D eigenvalue weighted by Crippen LogP contribution is 2.48. The van der Waals surface area contributed by atoms with E-state index >= 15 is 0 Å². The summed E-state index contributed by atoms with van der Waals surface area (Å²) in [4.78, 5) is 16.0. The minimum absolute atomic E-state index is 0.296. The van der Waals surface area contributed by atoms with Crippen LogP contribution in [0.25, 0.3) is 0 Å². The van der Waals surface area contributed by atoms with Crippen molar-refractivity contribution in [3.05, 3.63) is 29.8 Å². The Bertz CT molecular complexity index is 488. The van der Waals surface area contributed by atoms with Crippen molar-refractivity contribution in [3.63, 3.8) is 0 Å². The van der Waals surface area contributed by atoms with Gasteiger partial charge in [-0.25, -0.2) is 4.79 Å². The first kappa shape index (κ1) is 12.0. The third-order valence-corrected chi connectivity index (χ3v) is 4.95. The van der Waals surface area contributed by atoms with E-state index in [1.165, 1.54) is 10.5 Å². The Hall–Kier alpha value is -1.09. The zero-order chi connectivity index (χ0) is 12.4. The van der Waals surface area contributed by atoms with Gasteiger partial charge in [0.25, 0.3) is 0 Å². The molecule has 0 bridgehead atoms. The lowest BCUT2D eigenvalue weighted by molar-refractivity contribution is 0.0455. The molecule has 1 aliphatic heterocycles. The third-order valence-electron chi connectivity index (χ3n) is 3.73. The van der Waals surface area contributed by atoms with E-state index in [0.29, 0.717) is 5.25 Å². The first-order valence-electron chi connectivity index (χ1n) is 6.27. The lowest BCUT2D eigenvalue weighted by Gasteiger charge is -2.39. The molecular weight excluding hydrogens is 246 g/mol. The second-order valence-electron chi connectivity index (χ2n) is 4.86. The molecule has 18 heavy (non-hydrogen) atoms. The van der Waals surface area contributed by atoms with Crippen LogP contribution in [-0.4, -0.2) is 24.5 Å². The predicted octanol–water partition coefficient (Wildman–Crippen LogP) is 2.89. The minimum Gasteiger partial charge on any atom is -0.379 e. The van der Waals surface area contributed by atoms with E-state index in [9.17, 15) is 4.79 Å². The second-order valence-corrected chi connectivity index (χ2v) is 6.20. The maximum Gasteiger partial charge on any atom is 0.235 e. The summed E-state index contributed by atoms with van der Waals surface area (Å²) in [6, 6.07) is 8.29. The van der Waals surface area contributed by atoms with Crippen molar-refractivity contribution in [3.8, 4) is 0 Å². The van der Waals surface area contributed by atoms with Gasteiger partial charge in [0.15, 0.2) is 0 Å². The lowest BCUT2D eigenvalue weighted by Crippen LogP contribution is -2.34. The van der Waals surface area contributed by atoms with Crippen molar-refractivity contribution in [2.75, 3.05) is 13.2 Å². The molecule has 1 saturated heterocycles. The van der Waals surface area contributed by atoms with E-state index in [1.54, 1.807) is 6.08 Å². The molecule has 3 nitrogen and oxygen atoms in total. The van der Waals surface area contributed by atoms with E-state index in [1.807, 2.05) is 23.9 Å². The summed E-state index contributed by atoms with van der Waals surface area (Å²) in [6.07, 6.45) is 4.81. The number of thioether (sulfide) groups is 1. The van der Waals surface area contributed by atoms with Gasteiger partial charge in [0, 0.05) is 4.90 Å². The normalized spacial score (nSPS) is 21.6. The quantitative estimate of drug-likeness (QED) is 0.618. The molecule has 0 unspecified atom stereocenters. The van der Waals surface area contributed by atoms with Crippen molar-refractivity contribution in [1.29, 1.82) is 0 Å². The van der Waals surface area contributed by atoms with Crippen LogP contribution in [0.4, 0.5) is 0 Å². The number of isocyanates is 1. The van der Waals surface area contributed by atoms with Gasteiger partial charge < -0.3 is 4.74 Å². The van der Waals surface area contributed by atoms with Crippen LogP contribution in [0.3, 0.4) is 0 Å². The van der Waals surface area contributed by atoms with Gasteiger partial charge in [-0.3, -0.25) is 0 Å². The summed E-state index contributed by atoms with van der Waals surface area (Å²) >= 11 is 1.84. The van der Waals surface area contributed by atoms with Crippen LogP contribution >= 0.6 is 11.8 Å². The largest absolute Gasteiger partial charge is 0.379 e. The predicted molar refractivity (Wildman–Crippen MR) is 70.6 cm³/mol. The summed E-state index contributed by atoms with van der Waals surface area (Å²) in [6.45, 7) is 1.64. The van der Waals surface area contributed by atoms with Crippen molar-refractivity contribution in [2.24, 2.45) is 4.99 Å². The van der Waals surface area contributed by atoms with E-state index in [4.69, 9.17) is 4.74 Å². The molecule has 0 N–H and O–H groups in total. The fourth-order valence-corrected chi connectivity index (χ4v) is 3.69. The number of carbonyl (C=O) groups excluding carboxylic acids is 1. The van der Waals surface area contributed by atoms with Gasteiger partial charge in [-0.1, -0.05) is 18.2 Å². The van der Waals surface area contributed by atoms with E-state index < -0.39 is 0 Å². The van der Waals surface area contributed by atoms with Crippen molar-refractivity contribution < 1.29 is 9.53 Å². The highest BCUT2D eigenvalue weighted by molar-refractivity contribution is 8.00. The maximum absolute atomic E-state index is 10.7. The molecule has 0 amide bonds. The molecule has 1 saturated carbocycles. The SMILES string of the molecule is O=C=NC1(c2ccccc2SC2COC2)CCC1. The van der Waals surface area contributed by atoms with E-state index in [2.05, 4.69) is 17.1 Å². The van der Waals surface area contributed by atoms with Gasteiger partial charge in [-0.15, -0.1) is 11.8 Å². The molecular formula is C14H15NO2S. The standard InChI is InChI=1S/C14H15NO2S/c16-10-15-14(6-3-7-14)12-4-1-2-5-13(12)18-11-8-17-9-11/h1-2,4-5,11H,3,6-9H2. The number of nitrogens with zero attached hydrogens (tertiary/aromatic N) is 1. The first-order valence-corrected chi connectivity index (χ1v) is 7.15. The van der Waals surface area contributed by atoms with Crippen LogP contribution in [0.15, 0.2) is 34.2 Å². The first-order chi connectivity index (χ1) is 8.84. The Morgan fingerprint density at radius 2 is 2.11 bits per heavy atom. The number of rotatable bonds is 4. The molecule has 4 heteroatoms. The summed E-state index contributed by atoms with van der Waals surface area (Å²) in [5, 5.41) is 0.545. The van der Waals surface area contributed by atoms with Gasteiger partial charge in [-0.2, -0.15) is 4.99 Å². The van der Waals surface area contributed by atoms with E-state index in [-0.39, 0.29) is 5.54 Å². The molecule has 2 aliphatic rings. The van der Waals surface area contributed by atoms with Crippen molar-refractivity contribution in [1.82, 2.24) is 0 Å². The molecule has 3 rings (SSSR count). The Morgan fingerprint density at radius 1 is 1.33 bits per heavy atom. The van der Waals surface area contributed by atoms with Gasteiger partial charge >= 0.3 is 0 Å². The monoisotopic (exact) mass is 261 g/mol. The summed E-state index contributed by atoms with van der Waals surface area (Å²) in [7, 11) is 0. The number of ether oxygens (including phenoxy) is 1. The topological polar surface area (TPSA) is 38.7 Å². The Labute approximate surface area is 111 Å². The van der Waals surface area contributed by atoms with Crippen LogP contribution in [0, 0.1) is 0 Å². The highest BCUT2D eigenvalue weighted by atomic mass is 32.2. The molecule has 0 spiro atoms. The van der Waals surface area contributed by atoms with E-state index in [0.717, 1.165) is 32.5 Å². The van der Waals surface area contributed by atoms with Crippen LogP contribution < -0.4 is 0 Å². The van der Waals surface area contributed by atoms with Crippen molar-refractivity contribution >= 4 is 17.8 Å². The molecule has 1 aromatic rings. The average Bonchev–Trinajstić information content (AvgIpc) is 2.29. The zero-order valence-corrected chi connectivity index (χ0v) is 10.9. The van der Waals surface area contributed by atoms with Gasteiger partial charge in [0.05, 0.1) is 24.0 Å². The molecule has 2 fully saturated rings. The fourth-order valence-electron chi connectivity index (χ4n) is 2.46. The lowest BCUT2D eigenvalue weighted by atomic mass is 9.72. The van der Waals surface area contributed by atoms with Gasteiger partial charge in [0.1, 0.15) is 0 Å². The summed E-state index contributed by atoms with van der Waals surface area (Å²) < 4.78 is 5.21. The Balaban J connectivity index is 1.92. The fraction of sp³-hybridized carbons (Fsp3) is 0.500. The van der Waals surface area contributed by atoms with Gasteiger partial charge in [0.2, 0.25) is 6.08 Å². The number of hydrogen-bond acceptors (Lipinski definition) is 4. The molecule has 1 aromatic carbocycles. The highest BCUT2D eigenvalue weighted by Gasteiger charge is 2.40. The average molecular weight is 261 g/mol. The van der Waals surface area contributed by atoms with Gasteiger partial charge in [-0.05, 0) is 30.9 Å². The number of benzene rings is 1. The van der Waals surface area contributed by atoms with Crippen LogP contribution in [0.2, 0.25) is 0 Å². The van der Waals surface area contributed by atoms with Crippen LogP contribution in [0.1, 0.15) is 24.8 Å². The third kappa shape index (κ3) is 2.01. The molecule has 1 heterocycles. The Morgan fingerprint density at radius 3 is 2.67 bits per heavy atom. The second kappa shape index (κ2) is 4.88. The number of aliphatic imine (C=N–C) groups is 1. The molecule has 94 valence electrons.